The normalized spacial score (nSPS) is 11.1. The minimum Gasteiger partial charge on any atom is -0.240 e. The predicted octanol–water partition coefficient (Wildman–Crippen LogP) is 5.82. The van der Waals surface area contributed by atoms with Crippen LogP contribution in [0.3, 0.4) is 0 Å². The van der Waals surface area contributed by atoms with Crippen LogP contribution in [-0.4, -0.2) is 23.1 Å². The van der Waals surface area contributed by atoms with E-state index in [0.29, 0.717) is 6.54 Å². The van der Waals surface area contributed by atoms with Crippen molar-refractivity contribution in [3.8, 4) is 11.3 Å². The van der Waals surface area contributed by atoms with Crippen LogP contribution in [0.4, 0.5) is 0 Å². The lowest BCUT2D eigenvalue weighted by Gasteiger charge is -2.21. The minimum absolute atomic E-state index is 0.703. The molecule has 1 heterocycles. The summed E-state index contributed by atoms with van der Waals surface area (Å²) >= 11 is 0. The van der Waals surface area contributed by atoms with Gasteiger partial charge >= 0.3 is 0 Å². The summed E-state index contributed by atoms with van der Waals surface area (Å²) in [5.41, 5.74) is 9.19. The molecule has 0 saturated carbocycles. The SMILES string of the molecule is CC(C)=C=C(c1c(-c2ccccc2)nnn1Cc1ccccc1)[Si](C)(C)C. The second-order valence-electron chi connectivity index (χ2n) is 8.05. The van der Waals surface area contributed by atoms with Gasteiger partial charge in [-0.15, -0.1) is 10.8 Å². The van der Waals surface area contributed by atoms with Crippen molar-refractivity contribution in [1.82, 2.24) is 15.0 Å². The first-order chi connectivity index (χ1) is 12.9. The van der Waals surface area contributed by atoms with Crippen molar-refractivity contribution in [2.75, 3.05) is 0 Å². The zero-order valence-electron chi connectivity index (χ0n) is 16.8. The molecule has 0 aliphatic carbocycles. The first-order valence-electron chi connectivity index (χ1n) is 9.34. The van der Waals surface area contributed by atoms with Gasteiger partial charge in [-0.05, 0) is 25.0 Å². The molecular formula is C23H27N3Si. The number of nitrogens with zero attached hydrogens (tertiary/aromatic N) is 3. The van der Waals surface area contributed by atoms with Gasteiger partial charge in [-0.25, -0.2) is 4.68 Å². The Balaban J connectivity index is 2.24. The molecule has 0 atom stereocenters. The van der Waals surface area contributed by atoms with E-state index < -0.39 is 8.07 Å². The first kappa shape index (κ1) is 19.1. The Morgan fingerprint density at radius 3 is 2.07 bits per heavy atom. The second-order valence-corrected chi connectivity index (χ2v) is 13.0. The Morgan fingerprint density at radius 2 is 1.52 bits per heavy atom. The van der Waals surface area contributed by atoms with Gasteiger partial charge in [0, 0.05) is 10.8 Å². The van der Waals surface area contributed by atoms with Gasteiger partial charge in [0.25, 0.3) is 0 Å². The Morgan fingerprint density at radius 1 is 0.926 bits per heavy atom. The average Bonchev–Trinajstić information content (AvgIpc) is 3.03. The third-order valence-corrected chi connectivity index (χ3v) is 6.18. The standard InChI is InChI=1S/C23H27N3Si/c1-18(2)16-21(27(3,4)5)23-22(20-14-10-7-11-15-20)24-25-26(23)17-19-12-8-6-9-13-19/h6-15H,17H2,1-5H3. The molecule has 0 N–H and O–H groups in total. The molecule has 0 radical (unpaired) electrons. The maximum atomic E-state index is 4.59. The lowest BCUT2D eigenvalue weighted by molar-refractivity contribution is 0.644. The van der Waals surface area contributed by atoms with E-state index in [2.05, 4.69) is 85.9 Å². The molecule has 0 bridgehead atoms. The third-order valence-electron chi connectivity index (χ3n) is 4.32. The fourth-order valence-electron chi connectivity index (χ4n) is 3.07. The number of aromatic nitrogens is 3. The molecule has 0 fully saturated rings. The number of hydrogen-bond donors (Lipinski definition) is 0. The molecule has 27 heavy (non-hydrogen) atoms. The molecule has 1 aromatic heterocycles. The fourth-order valence-corrected chi connectivity index (χ4v) is 4.65. The lowest BCUT2D eigenvalue weighted by Crippen LogP contribution is -2.25. The highest BCUT2D eigenvalue weighted by Crippen LogP contribution is 2.32. The molecule has 4 heteroatoms. The maximum absolute atomic E-state index is 4.59. The number of allylic oxidation sites excluding steroid dienone is 1. The summed E-state index contributed by atoms with van der Waals surface area (Å²) in [7, 11) is -1.68. The minimum atomic E-state index is -1.68. The monoisotopic (exact) mass is 373 g/mol. The van der Waals surface area contributed by atoms with E-state index in [1.807, 2.05) is 28.9 Å². The number of benzene rings is 2. The van der Waals surface area contributed by atoms with E-state index in [0.717, 1.165) is 17.0 Å². The second kappa shape index (κ2) is 7.91. The Kier molecular flexibility index (Phi) is 5.59. The van der Waals surface area contributed by atoms with Crippen LogP contribution in [0.5, 0.6) is 0 Å². The average molecular weight is 374 g/mol. The zero-order chi connectivity index (χ0) is 19.4. The molecule has 138 valence electrons. The van der Waals surface area contributed by atoms with Crippen molar-refractivity contribution < 1.29 is 0 Å². The molecule has 3 aromatic rings. The molecule has 2 aromatic carbocycles. The summed E-state index contributed by atoms with van der Waals surface area (Å²) < 4.78 is 2.04. The van der Waals surface area contributed by atoms with Gasteiger partial charge in [0.05, 0.1) is 20.3 Å². The van der Waals surface area contributed by atoms with Crippen molar-refractivity contribution in [3.05, 3.63) is 83.2 Å². The van der Waals surface area contributed by atoms with E-state index in [9.17, 15) is 0 Å². The van der Waals surface area contributed by atoms with Crippen molar-refractivity contribution in [1.29, 1.82) is 0 Å². The van der Waals surface area contributed by atoms with Gasteiger partial charge in [0.1, 0.15) is 5.69 Å². The first-order valence-corrected chi connectivity index (χ1v) is 12.8. The van der Waals surface area contributed by atoms with Crippen LogP contribution in [0.25, 0.3) is 16.5 Å². The number of hydrogen-bond acceptors (Lipinski definition) is 2. The summed E-state index contributed by atoms with van der Waals surface area (Å²) in [5, 5.41) is 10.4. The summed E-state index contributed by atoms with van der Waals surface area (Å²) in [4.78, 5) is 0. The number of rotatable bonds is 5. The quantitative estimate of drug-likeness (QED) is 0.417. The lowest BCUT2D eigenvalue weighted by atomic mass is 10.1. The highest BCUT2D eigenvalue weighted by molar-refractivity contribution is 6.93. The molecular weight excluding hydrogens is 346 g/mol. The van der Waals surface area contributed by atoms with E-state index in [4.69, 9.17) is 0 Å². The Labute approximate surface area is 163 Å². The molecule has 0 aliphatic rings. The van der Waals surface area contributed by atoms with Gasteiger partial charge in [-0.2, -0.15) is 0 Å². The van der Waals surface area contributed by atoms with Crippen molar-refractivity contribution >= 4 is 13.3 Å². The van der Waals surface area contributed by atoms with Crippen LogP contribution in [0.1, 0.15) is 25.1 Å². The van der Waals surface area contributed by atoms with Gasteiger partial charge in [-0.1, -0.05) is 85.5 Å². The van der Waals surface area contributed by atoms with Crippen LogP contribution in [0, 0.1) is 0 Å². The smallest absolute Gasteiger partial charge is 0.120 e. The Hall–Kier alpha value is -2.68. The highest BCUT2D eigenvalue weighted by Gasteiger charge is 2.28. The van der Waals surface area contributed by atoms with Crippen LogP contribution in [0.2, 0.25) is 19.6 Å². The predicted molar refractivity (Wildman–Crippen MR) is 116 cm³/mol. The van der Waals surface area contributed by atoms with E-state index >= 15 is 0 Å². The molecule has 0 unspecified atom stereocenters. The van der Waals surface area contributed by atoms with Crippen molar-refractivity contribution in [2.24, 2.45) is 0 Å². The van der Waals surface area contributed by atoms with Gasteiger partial charge in [0.2, 0.25) is 0 Å². The van der Waals surface area contributed by atoms with Crippen LogP contribution >= 0.6 is 0 Å². The van der Waals surface area contributed by atoms with Gasteiger partial charge in [-0.3, -0.25) is 0 Å². The fraction of sp³-hybridized carbons (Fsp3) is 0.261. The Bertz CT molecular complexity index is 969. The summed E-state index contributed by atoms with van der Waals surface area (Å²) in [6.45, 7) is 12.0. The van der Waals surface area contributed by atoms with Gasteiger partial charge < -0.3 is 0 Å². The van der Waals surface area contributed by atoms with E-state index in [1.165, 1.54) is 16.3 Å². The van der Waals surface area contributed by atoms with E-state index in [1.54, 1.807) is 0 Å². The molecule has 0 spiro atoms. The molecule has 0 amide bonds. The van der Waals surface area contributed by atoms with Crippen LogP contribution < -0.4 is 0 Å². The molecule has 3 rings (SSSR count). The molecule has 0 saturated heterocycles. The topological polar surface area (TPSA) is 30.7 Å². The third kappa shape index (κ3) is 4.54. The van der Waals surface area contributed by atoms with Crippen molar-refractivity contribution in [3.63, 3.8) is 0 Å². The van der Waals surface area contributed by atoms with Gasteiger partial charge in [0.15, 0.2) is 0 Å². The van der Waals surface area contributed by atoms with E-state index in [-0.39, 0.29) is 0 Å². The highest BCUT2D eigenvalue weighted by atomic mass is 28.3. The van der Waals surface area contributed by atoms with Crippen molar-refractivity contribution in [2.45, 2.75) is 40.0 Å². The maximum Gasteiger partial charge on any atom is 0.120 e. The molecule has 0 aliphatic heterocycles. The summed E-state index contributed by atoms with van der Waals surface area (Å²) in [6.07, 6.45) is 0. The largest absolute Gasteiger partial charge is 0.240 e. The summed E-state index contributed by atoms with van der Waals surface area (Å²) in [5.74, 6) is 0. The zero-order valence-corrected chi connectivity index (χ0v) is 17.8. The summed E-state index contributed by atoms with van der Waals surface area (Å²) in [6, 6.07) is 20.8. The molecule has 3 nitrogen and oxygen atoms in total. The van der Waals surface area contributed by atoms with Crippen LogP contribution in [0.15, 0.2) is 72.0 Å². The van der Waals surface area contributed by atoms with Crippen LogP contribution in [-0.2, 0) is 6.54 Å².